The van der Waals surface area contributed by atoms with Gasteiger partial charge in [-0.2, -0.15) is 0 Å². The van der Waals surface area contributed by atoms with E-state index in [0.29, 0.717) is 6.61 Å². The van der Waals surface area contributed by atoms with Gasteiger partial charge in [-0.05, 0) is 35.4 Å². The van der Waals surface area contributed by atoms with Crippen LogP contribution in [0.1, 0.15) is 38.3 Å². The Kier molecular flexibility index (Phi) is 5.54. The van der Waals surface area contributed by atoms with Crippen LogP contribution in [0.2, 0.25) is 0 Å². The largest absolute Gasteiger partial charge is 0.491 e. The molecule has 1 aliphatic rings. The fourth-order valence-electron chi connectivity index (χ4n) is 2.75. The first-order valence-corrected chi connectivity index (χ1v) is 8.95. The predicted molar refractivity (Wildman–Crippen MR) is 100 cm³/mol. The summed E-state index contributed by atoms with van der Waals surface area (Å²) in [6, 6.07) is 16.8. The van der Waals surface area contributed by atoms with Crippen molar-refractivity contribution in [2.45, 2.75) is 38.7 Å². The minimum atomic E-state index is -0.0755. The third kappa shape index (κ3) is 4.70. The Bertz CT molecular complexity index is 655. The highest BCUT2D eigenvalue weighted by Gasteiger charge is 2.24. The molecule has 0 aliphatic carbocycles. The van der Waals surface area contributed by atoms with Crippen molar-refractivity contribution in [2.24, 2.45) is 0 Å². The molecule has 0 radical (unpaired) electrons. The molecule has 1 fully saturated rings. The number of hydrogen-bond donors (Lipinski definition) is 0. The molecule has 132 valence electrons. The standard InChI is InChI=1S/C22H27O3/c1-4-5-14-23-19-10-6-17(7-11-19)22(2,3)18-8-12-20(13-9-18)24-15-21-16-25-21/h4,6-13,21H,5,14-16H2,1-3H3/q+1. The van der Waals surface area contributed by atoms with Crippen molar-refractivity contribution >= 4 is 0 Å². The van der Waals surface area contributed by atoms with Crippen LogP contribution in [0, 0.1) is 6.42 Å². The lowest BCUT2D eigenvalue weighted by molar-refractivity contribution is 0.263. The van der Waals surface area contributed by atoms with E-state index >= 15 is 0 Å². The van der Waals surface area contributed by atoms with Gasteiger partial charge < -0.3 is 14.2 Å². The lowest BCUT2D eigenvalue weighted by Gasteiger charge is -2.26. The molecule has 1 aliphatic heterocycles. The zero-order chi connectivity index (χ0) is 17.7. The molecule has 25 heavy (non-hydrogen) atoms. The van der Waals surface area contributed by atoms with Crippen LogP contribution in [0.25, 0.3) is 0 Å². The summed E-state index contributed by atoms with van der Waals surface area (Å²) >= 11 is 0. The molecular formula is C22H27O3+. The number of benzene rings is 2. The van der Waals surface area contributed by atoms with E-state index < -0.39 is 0 Å². The predicted octanol–water partition coefficient (Wildman–Crippen LogP) is 4.78. The molecule has 1 unspecified atom stereocenters. The normalized spacial score (nSPS) is 16.4. The second-order valence-electron chi connectivity index (χ2n) is 6.99. The molecule has 0 bridgehead atoms. The van der Waals surface area contributed by atoms with Gasteiger partial charge in [-0.1, -0.05) is 38.1 Å². The summed E-state index contributed by atoms with van der Waals surface area (Å²) in [7, 11) is 0. The van der Waals surface area contributed by atoms with Gasteiger partial charge in [-0.25, -0.2) is 0 Å². The Morgan fingerprint density at radius 1 is 0.960 bits per heavy atom. The highest BCUT2D eigenvalue weighted by Crippen LogP contribution is 2.33. The maximum absolute atomic E-state index is 5.73. The molecule has 3 heteroatoms. The van der Waals surface area contributed by atoms with Crippen LogP contribution in [0.3, 0.4) is 0 Å². The summed E-state index contributed by atoms with van der Waals surface area (Å²) in [5.74, 6) is 1.82. The second kappa shape index (κ2) is 7.83. The molecule has 0 spiro atoms. The SMILES string of the molecule is C[CH+]CCOc1ccc(C(C)(C)c2ccc(OCC3CO3)cc2)cc1. The fraction of sp³-hybridized carbons (Fsp3) is 0.409. The van der Waals surface area contributed by atoms with E-state index in [0.717, 1.165) is 31.1 Å². The van der Waals surface area contributed by atoms with E-state index in [2.05, 4.69) is 56.7 Å². The van der Waals surface area contributed by atoms with Crippen LogP contribution in [-0.2, 0) is 10.2 Å². The maximum atomic E-state index is 5.73. The lowest BCUT2D eigenvalue weighted by Crippen LogP contribution is -2.18. The molecule has 2 aromatic rings. The van der Waals surface area contributed by atoms with Crippen LogP contribution in [-0.4, -0.2) is 25.9 Å². The first-order chi connectivity index (χ1) is 12.1. The fourth-order valence-corrected chi connectivity index (χ4v) is 2.75. The highest BCUT2D eigenvalue weighted by atomic mass is 16.6. The van der Waals surface area contributed by atoms with Crippen molar-refractivity contribution in [1.29, 1.82) is 0 Å². The van der Waals surface area contributed by atoms with Gasteiger partial charge in [0.2, 0.25) is 0 Å². The second-order valence-corrected chi connectivity index (χ2v) is 6.99. The quantitative estimate of drug-likeness (QED) is 0.374. The zero-order valence-electron chi connectivity index (χ0n) is 15.3. The average molecular weight is 339 g/mol. The minimum absolute atomic E-state index is 0.0755. The van der Waals surface area contributed by atoms with Crippen molar-refractivity contribution < 1.29 is 14.2 Å². The van der Waals surface area contributed by atoms with Crippen LogP contribution >= 0.6 is 0 Å². The smallest absolute Gasteiger partial charge is 0.128 e. The van der Waals surface area contributed by atoms with Crippen molar-refractivity contribution in [3.8, 4) is 11.5 Å². The average Bonchev–Trinajstić information content (AvgIpc) is 3.45. The van der Waals surface area contributed by atoms with E-state index in [1.165, 1.54) is 11.1 Å². The number of epoxide rings is 1. The molecule has 1 saturated heterocycles. The molecule has 1 atom stereocenters. The monoisotopic (exact) mass is 339 g/mol. The summed E-state index contributed by atoms with van der Waals surface area (Å²) in [5.41, 5.74) is 2.45. The first kappa shape index (κ1) is 17.7. The number of unbranched alkanes of at least 4 members (excludes halogenated alkanes) is 1. The van der Waals surface area contributed by atoms with Crippen molar-refractivity contribution in [1.82, 2.24) is 0 Å². The number of hydrogen-bond acceptors (Lipinski definition) is 3. The van der Waals surface area contributed by atoms with Gasteiger partial charge in [0.05, 0.1) is 20.0 Å². The summed E-state index contributed by atoms with van der Waals surface area (Å²) in [5, 5.41) is 0. The molecule has 1 heterocycles. The minimum Gasteiger partial charge on any atom is -0.491 e. The van der Waals surface area contributed by atoms with Crippen LogP contribution in [0.5, 0.6) is 11.5 Å². The van der Waals surface area contributed by atoms with E-state index in [9.17, 15) is 0 Å². The van der Waals surface area contributed by atoms with Crippen molar-refractivity contribution in [3.63, 3.8) is 0 Å². The van der Waals surface area contributed by atoms with Crippen LogP contribution in [0.4, 0.5) is 0 Å². The van der Waals surface area contributed by atoms with Crippen LogP contribution < -0.4 is 9.47 Å². The van der Waals surface area contributed by atoms with Gasteiger partial charge in [0.15, 0.2) is 0 Å². The molecule has 0 aromatic heterocycles. The van der Waals surface area contributed by atoms with Crippen LogP contribution in [0.15, 0.2) is 48.5 Å². The topological polar surface area (TPSA) is 31.0 Å². The Balaban J connectivity index is 1.64. The molecule has 0 N–H and O–H groups in total. The summed E-state index contributed by atoms with van der Waals surface area (Å²) in [4.78, 5) is 0. The van der Waals surface area contributed by atoms with Crippen molar-refractivity contribution in [3.05, 3.63) is 66.1 Å². The molecule has 2 aromatic carbocycles. The highest BCUT2D eigenvalue weighted by molar-refractivity contribution is 5.41. The van der Waals surface area contributed by atoms with Gasteiger partial charge in [-0.3, -0.25) is 0 Å². The van der Waals surface area contributed by atoms with Gasteiger partial charge in [0.1, 0.15) is 37.2 Å². The van der Waals surface area contributed by atoms with E-state index in [4.69, 9.17) is 14.2 Å². The first-order valence-electron chi connectivity index (χ1n) is 8.95. The molecule has 3 nitrogen and oxygen atoms in total. The van der Waals surface area contributed by atoms with Gasteiger partial charge >= 0.3 is 0 Å². The third-order valence-corrected chi connectivity index (χ3v) is 4.67. The maximum Gasteiger partial charge on any atom is 0.128 e. The molecule has 3 rings (SSSR count). The van der Waals surface area contributed by atoms with E-state index in [-0.39, 0.29) is 11.5 Å². The number of rotatable bonds is 9. The zero-order valence-corrected chi connectivity index (χ0v) is 15.3. The van der Waals surface area contributed by atoms with Crippen molar-refractivity contribution in [2.75, 3.05) is 19.8 Å². The Morgan fingerprint density at radius 3 is 1.96 bits per heavy atom. The molecule has 0 amide bonds. The summed E-state index contributed by atoms with van der Waals surface area (Å²) in [6.07, 6.45) is 3.36. The van der Waals surface area contributed by atoms with Gasteiger partial charge in [0, 0.05) is 5.41 Å². The summed E-state index contributed by atoms with van der Waals surface area (Å²) in [6.45, 7) is 8.71. The third-order valence-electron chi connectivity index (χ3n) is 4.67. The Morgan fingerprint density at radius 2 is 1.48 bits per heavy atom. The van der Waals surface area contributed by atoms with Gasteiger partial charge in [0.25, 0.3) is 0 Å². The lowest BCUT2D eigenvalue weighted by atomic mass is 9.78. The molecule has 0 saturated carbocycles. The van der Waals surface area contributed by atoms with E-state index in [1.807, 2.05) is 19.1 Å². The summed E-state index contributed by atoms with van der Waals surface area (Å²) < 4.78 is 16.6. The number of ether oxygens (including phenoxy) is 3. The Hall–Kier alpha value is -2.13. The van der Waals surface area contributed by atoms with E-state index in [1.54, 1.807) is 0 Å². The molecular weight excluding hydrogens is 312 g/mol. The van der Waals surface area contributed by atoms with Gasteiger partial charge in [-0.15, -0.1) is 0 Å². The Labute approximate surface area is 150 Å².